The number of ether oxygens (including phenoxy) is 1. The van der Waals surface area contributed by atoms with Gasteiger partial charge in [-0.1, -0.05) is 17.7 Å². The van der Waals surface area contributed by atoms with Gasteiger partial charge < -0.3 is 10.1 Å². The van der Waals surface area contributed by atoms with Crippen molar-refractivity contribution in [3.8, 4) is 5.75 Å². The van der Waals surface area contributed by atoms with Crippen molar-refractivity contribution in [3.63, 3.8) is 0 Å². The van der Waals surface area contributed by atoms with Gasteiger partial charge in [0.25, 0.3) is 0 Å². The summed E-state index contributed by atoms with van der Waals surface area (Å²) in [7, 11) is 1.59. The maximum Gasteiger partial charge on any atom is 0.135 e. The SMILES string of the molecule is COc1cc(NCc2c(F)cccc2Cl)c(Br)cc1Br. The molecule has 0 amide bonds. The molecule has 0 heterocycles. The Labute approximate surface area is 138 Å². The summed E-state index contributed by atoms with van der Waals surface area (Å²) in [6.45, 7) is 0.287. The molecule has 0 atom stereocenters. The minimum atomic E-state index is -0.329. The minimum absolute atomic E-state index is 0.287. The third-order valence-corrected chi connectivity index (χ3v) is 4.39. The molecule has 2 aromatic carbocycles. The van der Waals surface area contributed by atoms with E-state index in [2.05, 4.69) is 37.2 Å². The third kappa shape index (κ3) is 3.45. The highest BCUT2D eigenvalue weighted by atomic mass is 79.9. The largest absolute Gasteiger partial charge is 0.495 e. The van der Waals surface area contributed by atoms with Gasteiger partial charge in [-0.2, -0.15) is 0 Å². The Bertz CT molecular complexity index is 617. The summed E-state index contributed by atoms with van der Waals surface area (Å²) in [5.41, 5.74) is 1.23. The second-order valence-corrected chi connectivity index (χ2v) is 6.14. The van der Waals surface area contributed by atoms with E-state index in [0.29, 0.717) is 16.3 Å². The predicted octanol–water partition coefficient (Wildman–Crippen LogP) is 5.62. The Kier molecular flexibility index (Phi) is 5.29. The molecule has 0 aliphatic heterocycles. The zero-order valence-corrected chi connectivity index (χ0v) is 14.4. The van der Waals surface area contributed by atoms with Crippen LogP contribution in [0.3, 0.4) is 0 Å². The summed E-state index contributed by atoms with van der Waals surface area (Å²) in [6.07, 6.45) is 0. The number of anilines is 1. The Morgan fingerprint density at radius 3 is 2.65 bits per heavy atom. The van der Waals surface area contributed by atoms with Crippen molar-refractivity contribution in [2.45, 2.75) is 6.54 Å². The van der Waals surface area contributed by atoms with E-state index in [-0.39, 0.29) is 12.4 Å². The van der Waals surface area contributed by atoms with Crippen molar-refractivity contribution in [2.75, 3.05) is 12.4 Å². The van der Waals surface area contributed by atoms with Crippen LogP contribution in [-0.2, 0) is 6.54 Å². The molecule has 106 valence electrons. The van der Waals surface area contributed by atoms with Crippen LogP contribution in [0.1, 0.15) is 5.56 Å². The first-order valence-electron chi connectivity index (χ1n) is 5.72. The molecule has 0 aliphatic rings. The van der Waals surface area contributed by atoms with Gasteiger partial charge in [-0.25, -0.2) is 4.39 Å². The fraction of sp³-hybridized carbons (Fsp3) is 0.143. The van der Waals surface area contributed by atoms with E-state index < -0.39 is 0 Å². The maximum atomic E-state index is 13.7. The first kappa shape index (κ1) is 15.6. The quantitative estimate of drug-likeness (QED) is 0.689. The van der Waals surface area contributed by atoms with Crippen LogP contribution in [0.5, 0.6) is 5.75 Å². The topological polar surface area (TPSA) is 21.3 Å². The highest BCUT2D eigenvalue weighted by Crippen LogP contribution is 2.35. The van der Waals surface area contributed by atoms with Crippen LogP contribution in [0.25, 0.3) is 0 Å². The second kappa shape index (κ2) is 6.78. The molecule has 0 saturated heterocycles. The minimum Gasteiger partial charge on any atom is -0.495 e. The average molecular weight is 424 g/mol. The highest BCUT2D eigenvalue weighted by Gasteiger charge is 2.10. The molecule has 0 saturated carbocycles. The maximum absolute atomic E-state index is 13.7. The van der Waals surface area contributed by atoms with Crippen LogP contribution in [0, 0.1) is 5.82 Å². The Hall–Kier alpha value is -0.780. The molecule has 2 rings (SSSR count). The van der Waals surface area contributed by atoms with Crippen LogP contribution >= 0.6 is 43.5 Å². The lowest BCUT2D eigenvalue weighted by Crippen LogP contribution is -2.03. The number of hydrogen-bond donors (Lipinski definition) is 1. The number of benzene rings is 2. The van der Waals surface area contributed by atoms with Crippen LogP contribution < -0.4 is 10.1 Å². The van der Waals surface area contributed by atoms with E-state index in [4.69, 9.17) is 16.3 Å². The normalized spacial score (nSPS) is 10.4. The van der Waals surface area contributed by atoms with Crippen molar-refractivity contribution >= 4 is 49.1 Å². The molecule has 0 bridgehead atoms. The van der Waals surface area contributed by atoms with E-state index in [1.807, 2.05) is 12.1 Å². The van der Waals surface area contributed by atoms with Gasteiger partial charge in [-0.05, 0) is 50.1 Å². The molecule has 0 radical (unpaired) electrons. The van der Waals surface area contributed by atoms with Crippen molar-refractivity contribution in [1.29, 1.82) is 0 Å². The fourth-order valence-electron chi connectivity index (χ4n) is 1.71. The molecule has 6 heteroatoms. The molecule has 20 heavy (non-hydrogen) atoms. The lowest BCUT2D eigenvalue weighted by molar-refractivity contribution is 0.412. The smallest absolute Gasteiger partial charge is 0.135 e. The lowest BCUT2D eigenvalue weighted by atomic mass is 10.2. The molecule has 1 N–H and O–H groups in total. The summed E-state index contributed by atoms with van der Waals surface area (Å²) in [5, 5.41) is 3.54. The Morgan fingerprint density at radius 1 is 1.25 bits per heavy atom. The third-order valence-electron chi connectivity index (χ3n) is 2.76. The van der Waals surface area contributed by atoms with Gasteiger partial charge in [0.15, 0.2) is 0 Å². The molecule has 2 nitrogen and oxygen atoms in total. The summed E-state index contributed by atoms with van der Waals surface area (Å²) in [4.78, 5) is 0. The van der Waals surface area contributed by atoms with E-state index in [0.717, 1.165) is 14.6 Å². The molecule has 0 spiro atoms. The van der Waals surface area contributed by atoms with Crippen molar-refractivity contribution in [2.24, 2.45) is 0 Å². The Morgan fingerprint density at radius 2 is 2.00 bits per heavy atom. The summed E-state index contributed by atoms with van der Waals surface area (Å²) >= 11 is 12.8. The van der Waals surface area contributed by atoms with Gasteiger partial charge in [0, 0.05) is 27.7 Å². The first-order chi connectivity index (χ1) is 9.52. The summed E-state index contributed by atoms with van der Waals surface area (Å²) in [6, 6.07) is 8.33. The summed E-state index contributed by atoms with van der Waals surface area (Å²) < 4.78 is 20.6. The van der Waals surface area contributed by atoms with Crippen molar-refractivity contribution in [1.82, 2.24) is 0 Å². The average Bonchev–Trinajstić information content (AvgIpc) is 2.40. The summed E-state index contributed by atoms with van der Waals surface area (Å²) in [5.74, 6) is 0.362. The lowest BCUT2D eigenvalue weighted by Gasteiger charge is -2.13. The predicted molar refractivity (Wildman–Crippen MR) is 87.1 cm³/mol. The monoisotopic (exact) mass is 421 g/mol. The second-order valence-electron chi connectivity index (χ2n) is 4.02. The van der Waals surface area contributed by atoms with Crippen LogP contribution in [0.2, 0.25) is 5.02 Å². The molecular formula is C14H11Br2ClFNO. The Balaban J connectivity index is 2.23. The zero-order valence-electron chi connectivity index (χ0n) is 10.5. The van der Waals surface area contributed by atoms with E-state index in [1.165, 1.54) is 6.07 Å². The van der Waals surface area contributed by atoms with E-state index in [9.17, 15) is 4.39 Å². The number of methoxy groups -OCH3 is 1. The standard InChI is InChI=1S/C14H11Br2ClFNO/c1-20-14-6-13(9(15)5-10(14)16)19-7-8-11(17)3-2-4-12(8)18/h2-6,19H,7H2,1H3. The number of halogens is 4. The van der Waals surface area contributed by atoms with Gasteiger partial charge >= 0.3 is 0 Å². The van der Waals surface area contributed by atoms with E-state index in [1.54, 1.807) is 19.2 Å². The molecule has 0 unspecified atom stereocenters. The van der Waals surface area contributed by atoms with Gasteiger partial charge in [-0.15, -0.1) is 0 Å². The van der Waals surface area contributed by atoms with Crippen LogP contribution in [0.15, 0.2) is 39.3 Å². The first-order valence-corrected chi connectivity index (χ1v) is 7.69. The van der Waals surface area contributed by atoms with Crippen molar-refractivity contribution in [3.05, 3.63) is 55.7 Å². The van der Waals surface area contributed by atoms with Gasteiger partial charge in [0.05, 0.1) is 17.3 Å². The molecular weight excluding hydrogens is 412 g/mol. The number of hydrogen-bond acceptors (Lipinski definition) is 2. The molecule has 0 aliphatic carbocycles. The van der Waals surface area contributed by atoms with Gasteiger partial charge in [-0.3, -0.25) is 0 Å². The number of rotatable bonds is 4. The zero-order chi connectivity index (χ0) is 14.7. The van der Waals surface area contributed by atoms with Gasteiger partial charge in [0.2, 0.25) is 0 Å². The molecule has 2 aromatic rings. The van der Waals surface area contributed by atoms with Crippen LogP contribution in [-0.4, -0.2) is 7.11 Å². The molecule has 0 fully saturated rings. The molecule has 0 aromatic heterocycles. The van der Waals surface area contributed by atoms with Crippen LogP contribution in [0.4, 0.5) is 10.1 Å². The van der Waals surface area contributed by atoms with Crippen molar-refractivity contribution < 1.29 is 9.13 Å². The van der Waals surface area contributed by atoms with E-state index >= 15 is 0 Å². The van der Waals surface area contributed by atoms with Gasteiger partial charge in [0.1, 0.15) is 11.6 Å². The highest BCUT2D eigenvalue weighted by molar-refractivity contribution is 9.11. The fourth-order valence-corrected chi connectivity index (χ4v) is 3.23. The number of nitrogens with one attached hydrogen (secondary N) is 1.